The van der Waals surface area contributed by atoms with Crippen LogP contribution in [0.3, 0.4) is 0 Å². The maximum atomic E-state index is 13.2. The van der Waals surface area contributed by atoms with E-state index in [0.29, 0.717) is 25.1 Å². The van der Waals surface area contributed by atoms with E-state index < -0.39 is 6.04 Å². The van der Waals surface area contributed by atoms with Gasteiger partial charge in [-0.15, -0.1) is 0 Å². The minimum Gasteiger partial charge on any atom is -0.492 e. The SMILES string of the molecule is CC1(Cn2cc(CN3CCC4(CC3)COc3c4ccc4c3CN(C3CCC(=O)NC3=O)C4=O)cn2)COC1. The number of piperidine rings is 2. The average Bonchev–Trinajstić information content (AvgIpc) is 3.56. The Morgan fingerprint density at radius 3 is 2.68 bits per heavy atom. The largest absolute Gasteiger partial charge is 0.492 e. The van der Waals surface area contributed by atoms with Gasteiger partial charge in [-0.25, -0.2) is 0 Å². The molecule has 3 fully saturated rings. The van der Waals surface area contributed by atoms with Crippen LogP contribution in [0.15, 0.2) is 24.5 Å². The topological polar surface area (TPSA) is 106 Å². The van der Waals surface area contributed by atoms with Crippen molar-refractivity contribution in [2.75, 3.05) is 32.9 Å². The second-order valence-electron chi connectivity index (χ2n) is 12.1. The predicted octanol–water partition coefficient (Wildman–Crippen LogP) is 1.61. The van der Waals surface area contributed by atoms with Crippen LogP contribution in [-0.2, 0) is 39.4 Å². The minimum absolute atomic E-state index is 0.0467. The second kappa shape index (κ2) is 8.64. The van der Waals surface area contributed by atoms with Gasteiger partial charge < -0.3 is 14.4 Å². The van der Waals surface area contributed by atoms with Gasteiger partial charge in [-0.3, -0.25) is 29.3 Å². The Balaban J connectivity index is 1.02. The summed E-state index contributed by atoms with van der Waals surface area (Å²) >= 11 is 0. The minimum atomic E-state index is -0.615. The Labute approximate surface area is 221 Å². The molecule has 3 amide bonds. The summed E-state index contributed by atoms with van der Waals surface area (Å²) in [7, 11) is 0. The zero-order chi connectivity index (χ0) is 26.1. The van der Waals surface area contributed by atoms with Crippen LogP contribution in [0.25, 0.3) is 0 Å². The zero-order valence-corrected chi connectivity index (χ0v) is 21.7. The van der Waals surface area contributed by atoms with Crippen molar-refractivity contribution < 1.29 is 23.9 Å². The van der Waals surface area contributed by atoms with Crippen LogP contribution in [0.2, 0.25) is 0 Å². The van der Waals surface area contributed by atoms with Crippen molar-refractivity contribution in [1.82, 2.24) is 24.9 Å². The molecule has 5 aliphatic rings. The second-order valence-corrected chi connectivity index (χ2v) is 12.1. The normalized spacial score (nSPS) is 25.7. The Morgan fingerprint density at radius 1 is 1.13 bits per heavy atom. The van der Waals surface area contributed by atoms with Gasteiger partial charge in [-0.2, -0.15) is 5.10 Å². The van der Waals surface area contributed by atoms with Gasteiger partial charge in [0.25, 0.3) is 5.91 Å². The molecule has 10 heteroatoms. The molecule has 200 valence electrons. The number of aromatic nitrogens is 2. The van der Waals surface area contributed by atoms with Crippen LogP contribution in [0, 0.1) is 5.41 Å². The number of hydrogen-bond acceptors (Lipinski definition) is 7. The van der Waals surface area contributed by atoms with E-state index in [0.717, 1.165) is 63.5 Å². The Morgan fingerprint density at radius 2 is 1.95 bits per heavy atom. The molecule has 1 spiro atoms. The first-order valence-corrected chi connectivity index (χ1v) is 13.6. The first-order valence-electron chi connectivity index (χ1n) is 13.6. The lowest BCUT2D eigenvalue weighted by atomic mass is 9.74. The molecule has 3 saturated heterocycles. The van der Waals surface area contributed by atoms with Crippen molar-refractivity contribution in [1.29, 1.82) is 0 Å². The number of amides is 3. The molecule has 0 bridgehead atoms. The monoisotopic (exact) mass is 519 g/mol. The molecule has 0 aliphatic carbocycles. The van der Waals surface area contributed by atoms with Crippen molar-refractivity contribution in [2.24, 2.45) is 5.41 Å². The lowest BCUT2D eigenvalue weighted by Gasteiger charge is -2.38. The fraction of sp³-hybridized carbons (Fsp3) is 0.571. The predicted molar refractivity (Wildman–Crippen MR) is 135 cm³/mol. The standard InChI is InChI=1S/C28H33N5O5/c1-27(15-37-16-27)14-32-12-18(10-29-32)11-31-8-6-28(7-9-31)17-38-24-20-13-33(22-4-5-23(34)30-25(22)35)26(36)19(20)2-3-21(24)28/h2-3,10,12,22H,4-9,11,13-17H2,1H3,(H,30,34,35). The maximum absolute atomic E-state index is 13.2. The summed E-state index contributed by atoms with van der Waals surface area (Å²) in [6, 6.07) is 3.36. The number of ether oxygens (including phenoxy) is 2. The Bertz CT molecular complexity index is 1320. The maximum Gasteiger partial charge on any atom is 0.255 e. The van der Waals surface area contributed by atoms with E-state index in [1.54, 1.807) is 4.90 Å². The lowest BCUT2D eigenvalue weighted by molar-refractivity contribution is -0.136. The third kappa shape index (κ3) is 3.84. The van der Waals surface area contributed by atoms with Crippen LogP contribution >= 0.6 is 0 Å². The van der Waals surface area contributed by atoms with Gasteiger partial charge in [0.15, 0.2) is 0 Å². The number of benzene rings is 1. The van der Waals surface area contributed by atoms with Gasteiger partial charge in [-0.05, 0) is 38.4 Å². The number of nitrogens with zero attached hydrogens (tertiary/aromatic N) is 4. The summed E-state index contributed by atoms with van der Waals surface area (Å²) in [5.74, 6) is 0.00496. The molecule has 0 radical (unpaired) electrons. The molecular weight excluding hydrogens is 486 g/mol. The number of likely N-dealkylation sites (tertiary alicyclic amines) is 1. The average molecular weight is 520 g/mol. The fourth-order valence-electron chi connectivity index (χ4n) is 6.80. The van der Waals surface area contributed by atoms with Gasteiger partial charge in [0, 0.05) is 52.2 Å². The summed E-state index contributed by atoms with van der Waals surface area (Å²) in [5.41, 5.74) is 4.07. The molecule has 1 N–H and O–H groups in total. The molecule has 10 nitrogen and oxygen atoms in total. The van der Waals surface area contributed by atoms with E-state index in [1.807, 2.05) is 16.9 Å². The number of hydrogen-bond donors (Lipinski definition) is 1. The molecule has 1 aromatic heterocycles. The number of rotatable bonds is 5. The molecule has 1 unspecified atom stereocenters. The van der Waals surface area contributed by atoms with E-state index in [9.17, 15) is 14.4 Å². The molecule has 0 saturated carbocycles. The molecule has 5 aliphatic heterocycles. The first kappa shape index (κ1) is 23.8. The molecule has 7 rings (SSSR count). The van der Waals surface area contributed by atoms with Crippen molar-refractivity contribution in [3.05, 3.63) is 46.8 Å². The summed E-state index contributed by atoms with van der Waals surface area (Å²) in [4.78, 5) is 41.3. The number of imide groups is 1. The number of carbonyl (C=O) groups excluding carboxylic acids is 3. The van der Waals surface area contributed by atoms with Crippen LogP contribution in [0.4, 0.5) is 0 Å². The zero-order valence-electron chi connectivity index (χ0n) is 21.7. The highest BCUT2D eigenvalue weighted by Crippen LogP contribution is 2.49. The quantitative estimate of drug-likeness (QED) is 0.599. The van der Waals surface area contributed by atoms with Crippen LogP contribution in [0.5, 0.6) is 5.75 Å². The van der Waals surface area contributed by atoms with Gasteiger partial charge in [-0.1, -0.05) is 13.0 Å². The number of carbonyl (C=O) groups is 3. The van der Waals surface area contributed by atoms with E-state index in [1.165, 1.54) is 11.1 Å². The van der Waals surface area contributed by atoms with E-state index in [-0.39, 0.29) is 35.0 Å². The van der Waals surface area contributed by atoms with Gasteiger partial charge in [0.05, 0.1) is 39.1 Å². The van der Waals surface area contributed by atoms with Gasteiger partial charge >= 0.3 is 0 Å². The molecular formula is C28H33N5O5. The lowest BCUT2D eigenvalue weighted by Crippen LogP contribution is -2.52. The fourth-order valence-corrected chi connectivity index (χ4v) is 6.80. The van der Waals surface area contributed by atoms with Crippen molar-refractivity contribution in [2.45, 2.75) is 63.7 Å². The van der Waals surface area contributed by atoms with Gasteiger partial charge in [0.2, 0.25) is 11.8 Å². The molecule has 1 aromatic carbocycles. The summed E-state index contributed by atoms with van der Waals surface area (Å²) in [6.07, 6.45) is 6.74. The molecule has 1 atom stereocenters. The highest BCUT2D eigenvalue weighted by molar-refractivity contribution is 6.05. The highest BCUT2D eigenvalue weighted by atomic mass is 16.5. The highest BCUT2D eigenvalue weighted by Gasteiger charge is 2.47. The Hall–Kier alpha value is -3.24. The van der Waals surface area contributed by atoms with Crippen molar-refractivity contribution >= 4 is 17.7 Å². The molecule has 6 heterocycles. The van der Waals surface area contributed by atoms with Crippen LogP contribution < -0.4 is 10.1 Å². The summed E-state index contributed by atoms with van der Waals surface area (Å²) in [5, 5.41) is 6.95. The molecule has 2 aromatic rings. The Kier molecular flexibility index (Phi) is 5.42. The number of fused-ring (bicyclic) bond motifs is 4. The summed E-state index contributed by atoms with van der Waals surface area (Å²) in [6.45, 7) is 8.52. The van der Waals surface area contributed by atoms with E-state index in [4.69, 9.17) is 9.47 Å². The third-order valence-electron chi connectivity index (χ3n) is 9.08. The van der Waals surface area contributed by atoms with Crippen molar-refractivity contribution in [3.63, 3.8) is 0 Å². The van der Waals surface area contributed by atoms with Crippen LogP contribution in [0.1, 0.15) is 59.7 Å². The van der Waals surface area contributed by atoms with Crippen LogP contribution in [-0.4, -0.2) is 76.3 Å². The van der Waals surface area contributed by atoms with E-state index >= 15 is 0 Å². The van der Waals surface area contributed by atoms with Gasteiger partial charge in [0.1, 0.15) is 11.8 Å². The first-order chi connectivity index (χ1) is 18.3. The van der Waals surface area contributed by atoms with Crippen molar-refractivity contribution in [3.8, 4) is 5.75 Å². The molecule has 38 heavy (non-hydrogen) atoms. The number of nitrogens with one attached hydrogen (secondary N) is 1. The summed E-state index contributed by atoms with van der Waals surface area (Å²) < 4.78 is 13.7. The van der Waals surface area contributed by atoms with E-state index in [2.05, 4.69) is 34.5 Å². The smallest absolute Gasteiger partial charge is 0.255 e. The third-order valence-corrected chi connectivity index (χ3v) is 9.08.